The summed E-state index contributed by atoms with van der Waals surface area (Å²) in [6.45, 7) is 3.22. The normalized spacial score (nSPS) is 19.5. The molecule has 0 radical (unpaired) electrons. The summed E-state index contributed by atoms with van der Waals surface area (Å²) in [7, 11) is 0. The Bertz CT molecular complexity index is 389. The van der Waals surface area contributed by atoms with Gasteiger partial charge in [0.15, 0.2) is 5.79 Å². The lowest BCUT2D eigenvalue weighted by molar-refractivity contribution is -0.265. The van der Waals surface area contributed by atoms with E-state index in [2.05, 4.69) is 6.07 Å². The van der Waals surface area contributed by atoms with Crippen LogP contribution in [0.5, 0.6) is 0 Å². The van der Waals surface area contributed by atoms with Crippen LogP contribution in [-0.4, -0.2) is 13.2 Å². The van der Waals surface area contributed by atoms with Crippen molar-refractivity contribution in [2.75, 3.05) is 13.2 Å². The van der Waals surface area contributed by atoms with Crippen molar-refractivity contribution < 1.29 is 9.47 Å². The molecule has 0 saturated carbocycles. The van der Waals surface area contributed by atoms with Crippen LogP contribution in [0.3, 0.4) is 0 Å². The van der Waals surface area contributed by atoms with Crippen molar-refractivity contribution in [2.45, 2.75) is 19.1 Å². The predicted molar refractivity (Wildman–Crippen MR) is 55.0 cm³/mol. The maximum atomic E-state index is 9.00. The van der Waals surface area contributed by atoms with Gasteiger partial charge >= 0.3 is 0 Å². The first-order chi connectivity index (χ1) is 7.26. The molecule has 1 saturated heterocycles. The van der Waals surface area contributed by atoms with E-state index < -0.39 is 5.79 Å². The van der Waals surface area contributed by atoms with Crippen LogP contribution in [0.1, 0.15) is 24.5 Å². The summed E-state index contributed by atoms with van der Waals surface area (Å²) in [6, 6.07) is 9.55. The number of hydrogen-bond acceptors (Lipinski definition) is 3. The molecule has 0 aromatic heterocycles. The Morgan fingerprint density at radius 2 is 1.93 bits per heavy atom. The van der Waals surface area contributed by atoms with E-state index in [0.29, 0.717) is 18.8 Å². The maximum absolute atomic E-state index is 9.00. The van der Waals surface area contributed by atoms with Crippen molar-refractivity contribution >= 4 is 0 Å². The van der Waals surface area contributed by atoms with E-state index in [4.69, 9.17) is 14.7 Å². The highest BCUT2D eigenvalue weighted by Gasteiger charge is 2.33. The van der Waals surface area contributed by atoms with Gasteiger partial charge in [0, 0.05) is 5.56 Å². The highest BCUT2D eigenvalue weighted by atomic mass is 16.7. The molecule has 1 fully saturated rings. The molecule has 0 amide bonds. The minimum absolute atomic E-state index is 0.613. The Balaban J connectivity index is 2.39. The Kier molecular flexibility index (Phi) is 2.72. The highest BCUT2D eigenvalue weighted by Crippen LogP contribution is 2.31. The van der Waals surface area contributed by atoms with Gasteiger partial charge in [0.2, 0.25) is 0 Å². The van der Waals surface area contributed by atoms with Crippen LogP contribution in [0.4, 0.5) is 0 Å². The molecule has 1 aromatic rings. The fourth-order valence-corrected chi connectivity index (χ4v) is 1.77. The lowest BCUT2D eigenvalue weighted by Gasteiger charge is -2.34. The van der Waals surface area contributed by atoms with E-state index in [9.17, 15) is 0 Å². The average molecular weight is 203 g/mol. The Morgan fingerprint density at radius 3 is 2.60 bits per heavy atom. The third kappa shape index (κ3) is 1.87. The summed E-state index contributed by atoms with van der Waals surface area (Å²) >= 11 is 0. The summed E-state index contributed by atoms with van der Waals surface area (Å²) in [5.74, 6) is -0.759. The van der Waals surface area contributed by atoms with Gasteiger partial charge in [-0.15, -0.1) is 0 Å². The van der Waals surface area contributed by atoms with Crippen molar-refractivity contribution in [3.8, 4) is 6.07 Å². The van der Waals surface area contributed by atoms with Gasteiger partial charge in [-0.05, 0) is 19.4 Å². The molecule has 1 heterocycles. The standard InChI is InChI=1S/C12H13NO2/c1-12(14-7-4-8-15-12)11-6-3-2-5-10(11)9-13/h2-3,5-6H,4,7-8H2,1H3. The molecule has 0 unspecified atom stereocenters. The van der Waals surface area contributed by atoms with Crippen LogP contribution in [0.25, 0.3) is 0 Å². The van der Waals surface area contributed by atoms with E-state index >= 15 is 0 Å². The van der Waals surface area contributed by atoms with Gasteiger partial charge in [-0.3, -0.25) is 0 Å². The number of nitriles is 1. The lowest BCUT2D eigenvalue weighted by Crippen LogP contribution is -2.35. The van der Waals surface area contributed by atoms with Crippen LogP contribution in [0.2, 0.25) is 0 Å². The molecule has 0 atom stereocenters. The van der Waals surface area contributed by atoms with Gasteiger partial charge < -0.3 is 9.47 Å². The Hall–Kier alpha value is -1.37. The van der Waals surface area contributed by atoms with Gasteiger partial charge in [-0.2, -0.15) is 5.26 Å². The number of nitrogens with zero attached hydrogens (tertiary/aromatic N) is 1. The maximum Gasteiger partial charge on any atom is 0.193 e. The first-order valence-corrected chi connectivity index (χ1v) is 5.04. The fourth-order valence-electron chi connectivity index (χ4n) is 1.77. The van der Waals surface area contributed by atoms with E-state index in [1.807, 2.05) is 25.1 Å². The van der Waals surface area contributed by atoms with Gasteiger partial charge in [0.1, 0.15) is 0 Å². The summed E-state index contributed by atoms with van der Waals surface area (Å²) in [6.07, 6.45) is 0.907. The van der Waals surface area contributed by atoms with Crippen LogP contribution >= 0.6 is 0 Å². The first-order valence-electron chi connectivity index (χ1n) is 5.04. The minimum Gasteiger partial charge on any atom is -0.346 e. The summed E-state index contributed by atoms with van der Waals surface area (Å²) in [5.41, 5.74) is 1.43. The van der Waals surface area contributed by atoms with Crippen LogP contribution in [0, 0.1) is 11.3 Å². The smallest absolute Gasteiger partial charge is 0.193 e. The van der Waals surface area contributed by atoms with E-state index in [-0.39, 0.29) is 0 Å². The monoisotopic (exact) mass is 203 g/mol. The van der Waals surface area contributed by atoms with Crippen molar-refractivity contribution in [3.63, 3.8) is 0 Å². The molecule has 3 heteroatoms. The van der Waals surface area contributed by atoms with Crippen molar-refractivity contribution in [2.24, 2.45) is 0 Å². The molecule has 0 spiro atoms. The Labute approximate surface area is 89.2 Å². The predicted octanol–water partition coefficient (Wildman–Crippen LogP) is 2.17. The largest absolute Gasteiger partial charge is 0.346 e. The average Bonchev–Trinajstić information content (AvgIpc) is 2.30. The first kappa shape index (κ1) is 10.2. The molecular formula is C12H13NO2. The zero-order valence-corrected chi connectivity index (χ0v) is 8.69. The lowest BCUT2D eigenvalue weighted by atomic mass is 10.0. The van der Waals surface area contributed by atoms with Gasteiger partial charge in [-0.1, -0.05) is 18.2 Å². The molecule has 0 N–H and O–H groups in total. The quantitative estimate of drug-likeness (QED) is 0.702. The molecule has 2 rings (SSSR count). The molecule has 1 aliphatic heterocycles. The SMILES string of the molecule is CC1(c2ccccc2C#N)OCCCO1. The second kappa shape index (κ2) is 4.01. The van der Waals surface area contributed by atoms with Gasteiger partial charge in [0.25, 0.3) is 0 Å². The fraction of sp³-hybridized carbons (Fsp3) is 0.417. The molecule has 78 valence electrons. The number of rotatable bonds is 1. The van der Waals surface area contributed by atoms with Gasteiger partial charge in [-0.25, -0.2) is 0 Å². The summed E-state index contributed by atoms with van der Waals surface area (Å²) < 4.78 is 11.2. The second-order valence-corrected chi connectivity index (χ2v) is 3.65. The topological polar surface area (TPSA) is 42.2 Å². The molecule has 1 aromatic carbocycles. The second-order valence-electron chi connectivity index (χ2n) is 3.65. The zero-order valence-electron chi connectivity index (χ0n) is 8.69. The van der Waals surface area contributed by atoms with E-state index in [1.165, 1.54) is 0 Å². The Morgan fingerprint density at radius 1 is 1.27 bits per heavy atom. The third-order valence-electron chi connectivity index (χ3n) is 2.58. The van der Waals surface area contributed by atoms with Crippen LogP contribution in [-0.2, 0) is 15.3 Å². The molecule has 3 nitrogen and oxygen atoms in total. The summed E-state index contributed by atoms with van der Waals surface area (Å²) in [5, 5.41) is 9.00. The van der Waals surface area contributed by atoms with Crippen LogP contribution in [0.15, 0.2) is 24.3 Å². The van der Waals surface area contributed by atoms with Crippen molar-refractivity contribution in [1.82, 2.24) is 0 Å². The molecule has 0 aliphatic carbocycles. The van der Waals surface area contributed by atoms with Crippen molar-refractivity contribution in [3.05, 3.63) is 35.4 Å². The molecule has 15 heavy (non-hydrogen) atoms. The molecule has 0 bridgehead atoms. The van der Waals surface area contributed by atoms with Gasteiger partial charge in [0.05, 0.1) is 24.8 Å². The third-order valence-corrected chi connectivity index (χ3v) is 2.58. The number of benzene rings is 1. The van der Waals surface area contributed by atoms with E-state index in [0.717, 1.165) is 12.0 Å². The zero-order chi connectivity index (χ0) is 10.7. The van der Waals surface area contributed by atoms with Crippen LogP contribution < -0.4 is 0 Å². The molecular weight excluding hydrogens is 190 g/mol. The summed E-state index contributed by atoms with van der Waals surface area (Å²) in [4.78, 5) is 0. The minimum atomic E-state index is -0.759. The molecule has 1 aliphatic rings. The van der Waals surface area contributed by atoms with Crippen molar-refractivity contribution in [1.29, 1.82) is 5.26 Å². The number of ether oxygens (including phenoxy) is 2. The highest BCUT2D eigenvalue weighted by molar-refractivity contribution is 5.40. The number of hydrogen-bond donors (Lipinski definition) is 0. The van der Waals surface area contributed by atoms with E-state index in [1.54, 1.807) is 6.07 Å².